The van der Waals surface area contributed by atoms with Crippen LogP contribution in [-0.4, -0.2) is 42.8 Å². The molecule has 124 valence electrons. The van der Waals surface area contributed by atoms with Crippen LogP contribution in [0.1, 0.15) is 39.0 Å². The zero-order valence-corrected chi connectivity index (χ0v) is 13.5. The smallest absolute Gasteiger partial charge is 0.119 e. The lowest BCUT2D eigenvalue weighted by atomic mass is 10.2. The maximum Gasteiger partial charge on any atom is 0.119 e. The fraction of sp³-hybridized carbons (Fsp3) is 0.647. The van der Waals surface area contributed by atoms with Gasteiger partial charge in [0.1, 0.15) is 11.5 Å². The molecule has 22 heavy (non-hydrogen) atoms. The van der Waals surface area contributed by atoms with Crippen molar-refractivity contribution in [2.45, 2.75) is 39.0 Å². The first-order chi connectivity index (χ1) is 10.8. The van der Waals surface area contributed by atoms with E-state index in [2.05, 4.69) is 17.0 Å². The number of nitrogens with zero attached hydrogens (tertiary/aromatic N) is 2. The van der Waals surface area contributed by atoms with Crippen molar-refractivity contribution in [1.82, 2.24) is 4.90 Å². The number of phenolic OH excluding ortho intramolecular Hbond substituents is 1. The number of rotatable bonds is 13. The molecule has 0 fully saturated rings. The third kappa shape index (κ3) is 8.62. The number of aromatic hydroxyl groups is 1. The van der Waals surface area contributed by atoms with Crippen molar-refractivity contribution < 1.29 is 9.84 Å². The van der Waals surface area contributed by atoms with E-state index < -0.39 is 0 Å². The number of phenols is 1. The molecule has 0 bridgehead atoms. The van der Waals surface area contributed by atoms with E-state index in [-0.39, 0.29) is 5.75 Å². The largest absolute Gasteiger partial charge is 0.508 e. The SMILES string of the molecule is CCCN(CCCCCCOc1ccc(O)cc1)CCN=O. The first-order valence-electron chi connectivity index (χ1n) is 8.19. The number of ether oxygens (including phenoxy) is 1. The summed E-state index contributed by atoms with van der Waals surface area (Å²) in [5, 5.41) is 12.1. The second-order valence-electron chi connectivity index (χ2n) is 5.45. The van der Waals surface area contributed by atoms with Crippen molar-refractivity contribution in [1.29, 1.82) is 0 Å². The summed E-state index contributed by atoms with van der Waals surface area (Å²) >= 11 is 0. The molecule has 0 aliphatic heterocycles. The predicted molar refractivity (Wildman–Crippen MR) is 89.5 cm³/mol. The molecule has 1 aromatic carbocycles. The minimum atomic E-state index is 0.258. The van der Waals surface area contributed by atoms with E-state index in [9.17, 15) is 10.0 Å². The van der Waals surface area contributed by atoms with Crippen LogP contribution in [0.5, 0.6) is 11.5 Å². The molecule has 1 aromatic rings. The van der Waals surface area contributed by atoms with E-state index in [0.29, 0.717) is 13.2 Å². The van der Waals surface area contributed by atoms with Gasteiger partial charge in [0.2, 0.25) is 0 Å². The second kappa shape index (κ2) is 12.0. The Kier molecular flexibility index (Phi) is 10.0. The molecule has 1 rings (SSSR count). The highest BCUT2D eigenvalue weighted by molar-refractivity contribution is 5.29. The summed E-state index contributed by atoms with van der Waals surface area (Å²) in [5.74, 6) is 1.06. The van der Waals surface area contributed by atoms with E-state index >= 15 is 0 Å². The summed E-state index contributed by atoms with van der Waals surface area (Å²) in [6.07, 6.45) is 5.61. The molecular weight excluding hydrogens is 280 g/mol. The van der Waals surface area contributed by atoms with Crippen LogP contribution in [-0.2, 0) is 0 Å². The summed E-state index contributed by atoms with van der Waals surface area (Å²) in [6.45, 7) is 6.12. The topological polar surface area (TPSA) is 62.1 Å². The molecule has 0 aliphatic rings. The van der Waals surface area contributed by atoms with Gasteiger partial charge < -0.3 is 14.7 Å². The molecular formula is C17H28N2O3. The van der Waals surface area contributed by atoms with Gasteiger partial charge >= 0.3 is 0 Å². The summed E-state index contributed by atoms with van der Waals surface area (Å²) in [7, 11) is 0. The third-order valence-corrected chi connectivity index (χ3v) is 3.52. The zero-order chi connectivity index (χ0) is 16.0. The van der Waals surface area contributed by atoms with Crippen LogP contribution in [0.2, 0.25) is 0 Å². The lowest BCUT2D eigenvalue weighted by Gasteiger charge is -2.19. The van der Waals surface area contributed by atoms with Crippen LogP contribution < -0.4 is 4.74 Å². The van der Waals surface area contributed by atoms with Gasteiger partial charge in [-0.2, -0.15) is 4.91 Å². The van der Waals surface area contributed by atoms with E-state index in [1.54, 1.807) is 24.3 Å². The quantitative estimate of drug-likeness (QED) is 0.444. The van der Waals surface area contributed by atoms with Crippen LogP contribution in [0.4, 0.5) is 0 Å². The Morgan fingerprint density at radius 3 is 2.45 bits per heavy atom. The number of hydrogen-bond donors (Lipinski definition) is 1. The Balaban J connectivity index is 2.02. The predicted octanol–water partition coefficient (Wildman–Crippen LogP) is 3.81. The van der Waals surface area contributed by atoms with Crippen LogP contribution in [0.25, 0.3) is 0 Å². The lowest BCUT2D eigenvalue weighted by molar-refractivity contribution is 0.269. The molecule has 0 unspecified atom stereocenters. The van der Waals surface area contributed by atoms with Gasteiger partial charge in [-0.05, 0) is 56.6 Å². The minimum absolute atomic E-state index is 0.258. The second-order valence-corrected chi connectivity index (χ2v) is 5.45. The molecule has 0 spiro atoms. The van der Waals surface area contributed by atoms with Crippen molar-refractivity contribution in [3.05, 3.63) is 29.2 Å². The van der Waals surface area contributed by atoms with Crippen LogP contribution in [0, 0.1) is 4.91 Å². The third-order valence-electron chi connectivity index (χ3n) is 3.52. The summed E-state index contributed by atoms with van der Waals surface area (Å²) in [5.41, 5.74) is 0. The molecule has 0 radical (unpaired) electrons. The Hall–Kier alpha value is -1.62. The number of nitroso groups, excluding NO2 is 1. The monoisotopic (exact) mass is 308 g/mol. The summed E-state index contributed by atoms with van der Waals surface area (Å²) in [6, 6.07) is 6.82. The highest BCUT2D eigenvalue weighted by Gasteiger charge is 2.03. The lowest BCUT2D eigenvalue weighted by Crippen LogP contribution is -2.28. The Morgan fingerprint density at radius 1 is 1.05 bits per heavy atom. The average Bonchev–Trinajstić information content (AvgIpc) is 2.53. The Bertz CT molecular complexity index is 395. The highest BCUT2D eigenvalue weighted by atomic mass is 16.5. The molecule has 0 saturated carbocycles. The maximum atomic E-state index is 10.2. The zero-order valence-electron chi connectivity index (χ0n) is 13.5. The molecule has 5 heteroatoms. The van der Waals surface area contributed by atoms with Crippen LogP contribution in [0.3, 0.4) is 0 Å². The fourth-order valence-electron chi connectivity index (χ4n) is 2.36. The van der Waals surface area contributed by atoms with Gasteiger partial charge in [-0.3, -0.25) is 0 Å². The standard InChI is InChI=1S/C17H28N2O3/c1-2-12-19(14-11-18-21)13-5-3-4-6-15-22-17-9-7-16(20)8-10-17/h7-10,20H,2-6,11-15H2,1H3. The normalized spacial score (nSPS) is 10.8. The Morgan fingerprint density at radius 2 is 1.77 bits per heavy atom. The van der Waals surface area contributed by atoms with E-state index in [1.807, 2.05) is 0 Å². The van der Waals surface area contributed by atoms with E-state index in [0.717, 1.165) is 51.1 Å². The van der Waals surface area contributed by atoms with Gasteiger partial charge in [0.25, 0.3) is 0 Å². The van der Waals surface area contributed by atoms with Crippen molar-refractivity contribution in [2.75, 3.05) is 32.8 Å². The Labute approximate surface area is 133 Å². The minimum Gasteiger partial charge on any atom is -0.508 e. The van der Waals surface area contributed by atoms with Crippen LogP contribution >= 0.6 is 0 Å². The molecule has 0 atom stereocenters. The average molecular weight is 308 g/mol. The van der Waals surface area contributed by atoms with Gasteiger partial charge in [-0.1, -0.05) is 24.9 Å². The number of benzene rings is 1. The van der Waals surface area contributed by atoms with E-state index in [4.69, 9.17) is 4.74 Å². The van der Waals surface area contributed by atoms with Gasteiger partial charge in [0.15, 0.2) is 0 Å². The fourth-order valence-corrected chi connectivity index (χ4v) is 2.36. The molecule has 0 amide bonds. The van der Waals surface area contributed by atoms with Crippen molar-refractivity contribution in [2.24, 2.45) is 5.18 Å². The van der Waals surface area contributed by atoms with Gasteiger partial charge in [0, 0.05) is 6.54 Å². The van der Waals surface area contributed by atoms with Crippen molar-refractivity contribution in [3.63, 3.8) is 0 Å². The van der Waals surface area contributed by atoms with Gasteiger partial charge in [-0.15, -0.1) is 0 Å². The molecule has 0 aromatic heterocycles. The van der Waals surface area contributed by atoms with Crippen molar-refractivity contribution in [3.8, 4) is 11.5 Å². The summed E-state index contributed by atoms with van der Waals surface area (Å²) in [4.78, 5) is 12.5. The first kappa shape index (κ1) is 18.4. The van der Waals surface area contributed by atoms with Gasteiger partial charge in [-0.25, -0.2) is 0 Å². The first-order valence-corrected chi connectivity index (χ1v) is 8.19. The molecule has 5 nitrogen and oxygen atoms in total. The number of unbranched alkanes of at least 4 members (excludes halogenated alkanes) is 3. The molecule has 1 N–H and O–H groups in total. The van der Waals surface area contributed by atoms with Crippen molar-refractivity contribution >= 4 is 0 Å². The summed E-state index contributed by atoms with van der Waals surface area (Å²) < 4.78 is 5.61. The van der Waals surface area contributed by atoms with Crippen LogP contribution in [0.15, 0.2) is 29.4 Å². The van der Waals surface area contributed by atoms with Gasteiger partial charge in [0.05, 0.1) is 13.2 Å². The number of hydrogen-bond acceptors (Lipinski definition) is 5. The molecule has 0 saturated heterocycles. The molecule has 0 heterocycles. The maximum absolute atomic E-state index is 10.2. The highest BCUT2D eigenvalue weighted by Crippen LogP contribution is 2.16. The van der Waals surface area contributed by atoms with E-state index in [1.165, 1.54) is 6.42 Å². The molecule has 0 aliphatic carbocycles.